The van der Waals surface area contributed by atoms with Gasteiger partial charge in [0.2, 0.25) is 0 Å². The lowest BCUT2D eigenvalue weighted by molar-refractivity contribution is 0.619. The molecule has 1 aromatic rings. The zero-order chi connectivity index (χ0) is 12.7. The Balaban J connectivity index is 2.86. The molecular weight excluding hydrogens is 210 g/mol. The molecule has 92 valence electrons. The summed E-state index contributed by atoms with van der Waals surface area (Å²) < 4.78 is 0. The van der Waals surface area contributed by atoms with Crippen LogP contribution >= 0.6 is 0 Å². The van der Waals surface area contributed by atoms with Crippen molar-refractivity contribution in [1.29, 1.82) is 5.26 Å². The highest BCUT2D eigenvalue weighted by atomic mass is 15.2. The van der Waals surface area contributed by atoms with Crippen molar-refractivity contribution in [2.24, 2.45) is 0 Å². The van der Waals surface area contributed by atoms with Crippen molar-refractivity contribution in [3.8, 4) is 6.07 Å². The largest absolute Gasteiger partial charge is 0.353 e. The summed E-state index contributed by atoms with van der Waals surface area (Å²) in [4.78, 5) is 6.57. The predicted molar refractivity (Wildman–Crippen MR) is 71.0 cm³/mol. The third-order valence-corrected chi connectivity index (χ3v) is 2.81. The van der Waals surface area contributed by atoms with Gasteiger partial charge in [0.15, 0.2) is 0 Å². The molecule has 3 nitrogen and oxygen atoms in total. The first-order valence-electron chi connectivity index (χ1n) is 6.32. The molecule has 0 fully saturated rings. The van der Waals surface area contributed by atoms with Crippen LogP contribution in [0.15, 0.2) is 18.3 Å². The van der Waals surface area contributed by atoms with Crippen LogP contribution in [0.5, 0.6) is 0 Å². The third kappa shape index (κ3) is 3.74. The van der Waals surface area contributed by atoms with Gasteiger partial charge in [-0.3, -0.25) is 0 Å². The molecule has 17 heavy (non-hydrogen) atoms. The number of anilines is 1. The Hall–Kier alpha value is -1.56. The average molecular weight is 231 g/mol. The maximum absolute atomic E-state index is 9.10. The second-order valence-electron chi connectivity index (χ2n) is 4.48. The van der Waals surface area contributed by atoms with Crippen molar-refractivity contribution in [2.75, 3.05) is 11.4 Å². The van der Waals surface area contributed by atoms with E-state index in [1.165, 1.54) is 12.8 Å². The Morgan fingerprint density at radius 2 is 2.18 bits per heavy atom. The number of nitriles is 1. The van der Waals surface area contributed by atoms with Crippen molar-refractivity contribution in [1.82, 2.24) is 4.98 Å². The maximum Gasteiger partial charge on any atom is 0.146 e. The van der Waals surface area contributed by atoms with Crippen LogP contribution in [0.2, 0.25) is 0 Å². The van der Waals surface area contributed by atoms with E-state index in [1.807, 2.05) is 12.1 Å². The van der Waals surface area contributed by atoms with Crippen molar-refractivity contribution in [3.63, 3.8) is 0 Å². The smallest absolute Gasteiger partial charge is 0.146 e. The molecule has 0 aliphatic carbocycles. The second-order valence-corrected chi connectivity index (χ2v) is 4.48. The van der Waals surface area contributed by atoms with Gasteiger partial charge in [-0.15, -0.1) is 0 Å². The molecule has 1 aromatic heterocycles. The molecule has 0 radical (unpaired) electrons. The number of unbranched alkanes of at least 4 members (excludes halogenated alkanes) is 2. The molecule has 0 unspecified atom stereocenters. The van der Waals surface area contributed by atoms with E-state index in [-0.39, 0.29) is 0 Å². The highest BCUT2D eigenvalue weighted by molar-refractivity contribution is 5.53. The predicted octanol–water partition coefficient (Wildman–Crippen LogP) is 3.36. The van der Waals surface area contributed by atoms with Crippen LogP contribution in [0.3, 0.4) is 0 Å². The van der Waals surface area contributed by atoms with Crippen molar-refractivity contribution < 1.29 is 0 Å². The van der Waals surface area contributed by atoms with Gasteiger partial charge in [0.1, 0.15) is 11.9 Å². The summed E-state index contributed by atoms with van der Waals surface area (Å²) in [5.74, 6) is 0.820. The molecule has 3 heteroatoms. The summed E-state index contributed by atoms with van der Waals surface area (Å²) in [6, 6.07) is 6.23. The number of hydrogen-bond acceptors (Lipinski definition) is 3. The third-order valence-electron chi connectivity index (χ3n) is 2.81. The van der Waals surface area contributed by atoms with Crippen molar-refractivity contribution in [2.45, 2.75) is 46.1 Å². The first-order chi connectivity index (χ1) is 8.20. The Morgan fingerprint density at radius 1 is 1.41 bits per heavy atom. The van der Waals surface area contributed by atoms with Crippen molar-refractivity contribution in [3.05, 3.63) is 23.9 Å². The number of hydrogen-bond donors (Lipinski definition) is 0. The molecular formula is C14H21N3. The molecule has 0 spiro atoms. The number of nitrogens with zero attached hydrogens (tertiary/aromatic N) is 3. The summed E-state index contributed by atoms with van der Waals surface area (Å²) in [6.07, 6.45) is 5.33. The minimum absolute atomic E-state index is 0.369. The molecule has 0 aliphatic heterocycles. The lowest BCUT2D eigenvalue weighted by Gasteiger charge is -2.28. The summed E-state index contributed by atoms with van der Waals surface area (Å²) >= 11 is 0. The fourth-order valence-corrected chi connectivity index (χ4v) is 1.85. The molecule has 0 aromatic carbocycles. The zero-order valence-electron chi connectivity index (χ0n) is 11.0. The Labute approximate surface area is 104 Å². The van der Waals surface area contributed by atoms with Gasteiger partial charge >= 0.3 is 0 Å². The molecule has 0 aliphatic rings. The molecule has 1 heterocycles. The van der Waals surface area contributed by atoms with E-state index in [1.54, 1.807) is 6.20 Å². The minimum atomic E-state index is 0.369. The van der Waals surface area contributed by atoms with E-state index in [2.05, 4.69) is 36.7 Å². The van der Waals surface area contributed by atoms with E-state index in [9.17, 15) is 0 Å². The van der Waals surface area contributed by atoms with Gasteiger partial charge < -0.3 is 4.90 Å². The zero-order valence-corrected chi connectivity index (χ0v) is 11.0. The van der Waals surface area contributed by atoms with Crippen LogP contribution in [0, 0.1) is 11.3 Å². The van der Waals surface area contributed by atoms with E-state index < -0.39 is 0 Å². The number of pyridine rings is 1. The van der Waals surface area contributed by atoms with Crippen LogP contribution in [0.1, 0.15) is 45.6 Å². The van der Waals surface area contributed by atoms with Gasteiger partial charge in [-0.25, -0.2) is 4.98 Å². The Kier molecular flexibility index (Phi) is 5.48. The summed E-state index contributed by atoms with van der Waals surface area (Å²) in [5, 5.41) is 9.10. The quantitative estimate of drug-likeness (QED) is 0.705. The fraction of sp³-hybridized carbons (Fsp3) is 0.571. The van der Waals surface area contributed by atoms with Crippen LogP contribution < -0.4 is 4.90 Å². The second kappa shape index (κ2) is 6.90. The molecule has 0 N–H and O–H groups in total. The SMILES string of the molecule is CCCCCN(c1ncccc1C#N)C(C)C. The maximum atomic E-state index is 9.10. The molecule has 1 rings (SSSR count). The van der Waals surface area contributed by atoms with E-state index in [0.29, 0.717) is 11.6 Å². The highest BCUT2D eigenvalue weighted by Gasteiger charge is 2.14. The molecule has 0 amide bonds. The van der Waals surface area contributed by atoms with Gasteiger partial charge in [-0.05, 0) is 32.4 Å². The van der Waals surface area contributed by atoms with E-state index in [4.69, 9.17) is 5.26 Å². The van der Waals surface area contributed by atoms with Crippen LogP contribution in [0.25, 0.3) is 0 Å². The highest BCUT2D eigenvalue weighted by Crippen LogP contribution is 2.19. The lowest BCUT2D eigenvalue weighted by Crippen LogP contribution is -2.33. The Morgan fingerprint density at radius 3 is 2.76 bits per heavy atom. The van der Waals surface area contributed by atoms with Crippen LogP contribution in [-0.2, 0) is 0 Å². The normalized spacial score (nSPS) is 10.3. The van der Waals surface area contributed by atoms with Crippen molar-refractivity contribution >= 4 is 5.82 Å². The monoisotopic (exact) mass is 231 g/mol. The Bertz CT molecular complexity index is 379. The number of aromatic nitrogens is 1. The fourth-order valence-electron chi connectivity index (χ4n) is 1.85. The van der Waals surface area contributed by atoms with E-state index >= 15 is 0 Å². The standard InChI is InChI=1S/C14H21N3/c1-4-5-6-10-17(12(2)3)14-13(11-15)8-7-9-16-14/h7-9,12H,4-6,10H2,1-3H3. The average Bonchev–Trinajstić information content (AvgIpc) is 2.34. The van der Waals surface area contributed by atoms with Gasteiger partial charge in [-0.2, -0.15) is 5.26 Å². The van der Waals surface area contributed by atoms with Crippen LogP contribution in [0.4, 0.5) is 5.82 Å². The molecule has 0 saturated carbocycles. The van der Waals surface area contributed by atoms with Gasteiger partial charge in [-0.1, -0.05) is 19.8 Å². The molecule has 0 atom stereocenters. The molecule has 0 saturated heterocycles. The first-order valence-corrected chi connectivity index (χ1v) is 6.32. The number of rotatable bonds is 6. The first kappa shape index (κ1) is 13.5. The van der Waals surface area contributed by atoms with Gasteiger partial charge in [0.25, 0.3) is 0 Å². The summed E-state index contributed by atoms with van der Waals surface area (Å²) in [5.41, 5.74) is 0.665. The summed E-state index contributed by atoms with van der Waals surface area (Å²) in [6.45, 7) is 7.45. The molecule has 0 bridgehead atoms. The van der Waals surface area contributed by atoms with Gasteiger partial charge in [0, 0.05) is 18.8 Å². The van der Waals surface area contributed by atoms with E-state index in [0.717, 1.165) is 18.8 Å². The minimum Gasteiger partial charge on any atom is -0.353 e. The van der Waals surface area contributed by atoms with Crippen LogP contribution in [-0.4, -0.2) is 17.6 Å². The summed E-state index contributed by atoms with van der Waals surface area (Å²) in [7, 11) is 0. The lowest BCUT2D eigenvalue weighted by atomic mass is 10.2. The van der Waals surface area contributed by atoms with Gasteiger partial charge in [0.05, 0.1) is 5.56 Å². The topological polar surface area (TPSA) is 39.9 Å².